The number of aliphatic imine (C=N–C) groups is 1. The van der Waals surface area contributed by atoms with E-state index >= 15 is 0 Å². The molecule has 2 atom stereocenters. The lowest BCUT2D eigenvalue weighted by molar-refractivity contribution is 0.862. The fraction of sp³-hybridized carbons (Fsp3) is 0.0408. The van der Waals surface area contributed by atoms with E-state index in [2.05, 4.69) is 182 Å². The molecule has 2 aliphatic rings. The molecule has 4 heteroatoms. The monoisotopic (exact) mass is 695 g/mol. The van der Waals surface area contributed by atoms with Crippen LogP contribution in [-0.2, 0) is 0 Å². The number of allylic oxidation sites excluding steroid dienone is 2. The number of hydrogen-bond acceptors (Lipinski definition) is 4. The van der Waals surface area contributed by atoms with Gasteiger partial charge in [0, 0.05) is 22.3 Å². The largest absolute Gasteiger partial charge is 0.269 e. The van der Waals surface area contributed by atoms with Gasteiger partial charge >= 0.3 is 0 Å². The summed E-state index contributed by atoms with van der Waals surface area (Å²) in [4.78, 5) is 15.3. The maximum atomic E-state index is 5.16. The molecule has 250 valence electrons. The molecule has 10 rings (SSSR count). The van der Waals surface area contributed by atoms with Crippen molar-refractivity contribution in [3.63, 3.8) is 0 Å². The van der Waals surface area contributed by atoms with E-state index in [1.165, 1.54) is 43.8 Å². The molecule has 2 heterocycles. The average molecular weight is 696 g/mol. The Morgan fingerprint density at radius 2 is 0.943 bits per heavy atom. The van der Waals surface area contributed by atoms with E-state index < -0.39 is 0 Å². The molecule has 1 aromatic heterocycles. The molecular weight excluding hydrogens is 663 g/mol. The van der Waals surface area contributed by atoms with Gasteiger partial charge in [0.15, 0.2) is 5.82 Å². The Labute approximate surface area is 313 Å². The zero-order valence-electron chi connectivity index (χ0n) is 28.8. The molecule has 3 nitrogen and oxygen atoms in total. The van der Waals surface area contributed by atoms with Crippen molar-refractivity contribution in [1.29, 1.82) is 0 Å². The summed E-state index contributed by atoms with van der Waals surface area (Å²) in [6, 6.07) is 58.5. The van der Waals surface area contributed by atoms with E-state index in [0.29, 0.717) is 11.1 Å². The molecule has 53 heavy (non-hydrogen) atoms. The lowest BCUT2D eigenvalue weighted by Gasteiger charge is -2.12. The molecule has 1 aliphatic heterocycles. The highest BCUT2D eigenvalue weighted by atomic mass is 32.2. The summed E-state index contributed by atoms with van der Waals surface area (Å²) in [7, 11) is 0. The highest BCUT2D eigenvalue weighted by molar-refractivity contribution is 8.15. The first-order chi connectivity index (χ1) is 26.2. The van der Waals surface area contributed by atoms with Crippen LogP contribution in [0.25, 0.3) is 77.7 Å². The van der Waals surface area contributed by atoms with Gasteiger partial charge in [-0.05, 0) is 55.9 Å². The summed E-state index contributed by atoms with van der Waals surface area (Å²) in [5.74, 6) is 0.697. The van der Waals surface area contributed by atoms with Crippen LogP contribution >= 0.6 is 11.8 Å². The second-order valence-electron chi connectivity index (χ2n) is 13.6. The summed E-state index contributed by atoms with van der Waals surface area (Å²) < 4.78 is 0. The van der Waals surface area contributed by atoms with Gasteiger partial charge in [0.1, 0.15) is 0 Å². The summed E-state index contributed by atoms with van der Waals surface area (Å²) >= 11 is 1.83. The van der Waals surface area contributed by atoms with Crippen LogP contribution in [0.1, 0.15) is 5.56 Å². The van der Waals surface area contributed by atoms with Crippen molar-refractivity contribution in [3.8, 4) is 56.2 Å². The third-order valence-electron chi connectivity index (χ3n) is 10.2. The van der Waals surface area contributed by atoms with Gasteiger partial charge in [-0.2, -0.15) is 0 Å². The van der Waals surface area contributed by atoms with Gasteiger partial charge in [0.2, 0.25) is 0 Å². The van der Waals surface area contributed by atoms with Gasteiger partial charge in [0.05, 0.1) is 27.7 Å². The van der Waals surface area contributed by atoms with Crippen molar-refractivity contribution >= 4 is 38.4 Å². The van der Waals surface area contributed by atoms with Gasteiger partial charge in [-0.1, -0.05) is 188 Å². The summed E-state index contributed by atoms with van der Waals surface area (Å²) in [6.07, 6.45) is 8.63. The van der Waals surface area contributed by atoms with E-state index in [9.17, 15) is 0 Å². The number of rotatable bonds is 6. The van der Waals surface area contributed by atoms with Gasteiger partial charge in [-0.15, -0.1) is 0 Å². The lowest BCUT2D eigenvalue weighted by Crippen LogP contribution is -2.13. The third-order valence-corrected chi connectivity index (χ3v) is 11.5. The van der Waals surface area contributed by atoms with Crippen molar-refractivity contribution in [2.45, 2.75) is 11.3 Å². The number of hydrogen-bond donors (Lipinski definition) is 0. The van der Waals surface area contributed by atoms with E-state index in [0.717, 1.165) is 38.7 Å². The predicted molar refractivity (Wildman–Crippen MR) is 224 cm³/mol. The van der Waals surface area contributed by atoms with E-state index in [1.807, 2.05) is 17.8 Å². The second-order valence-corrected chi connectivity index (χ2v) is 14.7. The van der Waals surface area contributed by atoms with E-state index in [4.69, 9.17) is 15.0 Å². The average Bonchev–Trinajstić information content (AvgIpc) is 3.68. The summed E-state index contributed by atoms with van der Waals surface area (Å²) in [6.45, 7) is 0. The number of fused-ring (bicyclic) bond motifs is 4. The van der Waals surface area contributed by atoms with Gasteiger partial charge in [0.25, 0.3) is 0 Å². The van der Waals surface area contributed by atoms with Crippen LogP contribution in [0.3, 0.4) is 0 Å². The Balaban J connectivity index is 1.00. The first-order valence-electron chi connectivity index (χ1n) is 18.0. The predicted octanol–water partition coefficient (Wildman–Crippen LogP) is 12.5. The zero-order chi connectivity index (χ0) is 35.1. The number of nitrogens with zero attached hydrogens (tertiary/aromatic N) is 3. The Morgan fingerprint density at radius 3 is 1.68 bits per heavy atom. The fourth-order valence-corrected chi connectivity index (χ4v) is 8.53. The zero-order valence-corrected chi connectivity index (χ0v) is 29.6. The van der Waals surface area contributed by atoms with Crippen LogP contribution in [0.2, 0.25) is 0 Å². The van der Waals surface area contributed by atoms with Gasteiger partial charge in [-0.25, -0.2) is 9.97 Å². The third kappa shape index (κ3) is 6.07. The molecule has 0 amide bonds. The van der Waals surface area contributed by atoms with Crippen molar-refractivity contribution < 1.29 is 0 Å². The topological polar surface area (TPSA) is 38.1 Å². The van der Waals surface area contributed by atoms with Crippen molar-refractivity contribution in [2.24, 2.45) is 4.99 Å². The minimum Gasteiger partial charge on any atom is -0.269 e. The van der Waals surface area contributed by atoms with E-state index in [1.54, 1.807) is 0 Å². The quantitative estimate of drug-likeness (QED) is 0.163. The molecule has 0 radical (unpaired) electrons. The highest BCUT2D eigenvalue weighted by Crippen LogP contribution is 2.36. The minimum absolute atomic E-state index is 0.212. The Kier molecular flexibility index (Phi) is 7.89. The van der Waals surface area contributed by atoms with Crippen LogP contribution < -0.4 is 0 Å². The fourth-order valence-electron chi connectivity index (χ4n) is 7.36. The molecule has 1 aliphatic carbocycles. The molecule has 0 saturated heterocycles. The van der Waals surface area contributed by atoms with Crippen molar-refractivity contribution in [1.82, 2.24) is 9.97 Å². The summed E-state index contributed by atoms with van der Waals surface area (Å²) in [5.41, 5.74) is 10.7. The Morgan fingerprint density at radius 1 is 0.396 bits per heavy atom. The maximum absolute atomic E-state index is 5.16. The molecule has 0 saturated carbocycles. The first kappa shape index (κ1) is 31.4. The molecule has 0 fully saturated rings. The Hall–Kier alpha value is -6.36. The van der Waals surface area contributed by atoms with Crippen molar-refractivity contribution in [2.75, 3.05) is 0 Å². The standard InChI is InChI=1S/C49H33N3S/c1-2-8-32(9-3-1)33-14-19-36(20-15-33)45-31-46(51-48(50-45)38-23-25-39(26-24-38)49-52-44-12-6-7-13-47(44)53-49)37-21-16-34(17-22-37)40-28-29-43-41(30-40)27-18-35-10-4-5-11-42(35)43/h1-31,44,47H. The molecule has 0 bridgehead atoms. The molecule has 0 spiro atoms. The van der Waals surface area contributed by atoms with Gasteiger partial charge < -0.3 is 0 Å². The molecule has 8 aromatic rings. The molecular formula is C49H33N3S. The van der Waals surface area contributed by atoms with Crippen LogP contribution in [0, 0.1) is 0 Å². The number of aromatic nitrogens is 2. The number of thioether (sulfide) groups is 1. The normalized spacial score (nSPS) is 16.2. The molecule has 0 N–H and O–H groups in total. The van der Waals surface area contributed by atoms with Crippen LogP contribution in [0.15, 0.2) is 193 Å². The lowest BCUT2D eigenvalue weighted by atomic mass is 9.96. The van der Waals surface area contributed by atoms with Crippen LogP contribution in [-0.4, -0.2) is 26.3 Å². The molecule has 2 unspecified atom stereocenters. The molecule has 7 aromatic carbocycles. The van der Waals surface area contributed by atoms with Crippen LogP contribution in [0.4, 0.5) is 0 Å². The Bertz CT molecular complexity index is 2730. The van der Waals surface area contributed by atoms with E-state index in [-0.39, 0.29) is 6.04 Å². The number of benzene rings is 7. The van der Waals surface area contributed by atoms with Crippen LogP contribution in [0.5, 0.6) is 0 Å². The minimum atomic E-state index is 0.212. The SMILES string of the molecule is C1=CC2N=C(c3ccc(-c4nc(-c5ccc(-c6ccccc6)cc5)cc(-c5ccc(-c6ccc7c(ccc8ccccc87)c6)cc5)n4)cc3)SC2C=C1. The second kappa shape index (κ2) is 13.3. The van der Waals surface area contributed by atoms with Crippen molar-refractivity contribution in [3.05, 3.63) is 194 Å². The van der Waals surface area contributed by atoms with Gasteiger partial charge in [-0.3, -0.25) is 4.99 Å². The smallest absolute Gasteiger partial charge is 0.160 e. The highest BCUT2D eigenvalue weighted by Gasteiger charge is 2.28. The summed E-state index contributed by atoms with van der Waals surface area (Å²) in [5, 5.41) is 6.51. The maximum Gasteiger partial charge on any atom is 0.160 e. The first-order valence-corrected chi connectivity index (χ1v) is 18.9.